The number of halogens is 1. The third kappa shape index (κ3) is 5.96. The average molecular weight is 466 g/mol. The monoisotopic (exact) mass is 465 g/mol. The maximum absolute atomic E-state index is 13.3. The number of hydrogen-bond donors (Lipinski definition) is 2. The third-order valence-electron chi connectivity index (χ3n) is 5.19. The van der Waals surface area contributed by atoms with E-state index in [9.17, 15) is 19.7 Å². The lowest BCUT2D eigenvalue weighted by Crippen LogP contribution is -2.50. The molecule has 7 nitrogen and oxygen atoms in total. The molecule has 33 heavy (non-hydrogen) atoms. The molecular formula is C25H24ClN3O4. The van der Waals surface area contributed by atoms with Crippen LogP contribution in [-0.2, 0) is 4.79 Å². The second-order valence-corrected chi connectivity index (χ2v) is 8.29. The molecule has 2 amide bonds. The Morgan fingerprint density at radius 2 is 1.42 bits per heavy atom. The number of amides is 2. The molecule has 0 saturated heterocycles. The predicted molar refractivity (Wildman–Crippen MR) is 127 cm³/mol. The van der Waals surface area contributed by atoms with E-state index in [1.54, 1.807) is 13.8 Å². The topological polar surface area (TPSA) is 101 Å². The Morgan fingerprint density at radius 3 is 1.91 bits per heavy atom. The van der Waals surface area contributed by atoms with Gasteiger partial charge in [-0.3, -0.25) is 19.7 Å². The van der Waals surface area contributed by atoms with Crippen molar-refractivity contribution < 1.29 is 14.5 Å². The second kappa shape index (κ2) is 10.7. The minimum Gasteiger partial charge on any atom is -0.343 e. The van der Waals surface area contributed by atoms with E-state index in [1.807, 2.05) is 60.7 Å². The van der Waals surface area contributed by atoms with Gasteiger partial charge in [0.05, 0.1) is 21.6 Å². The van der Waals surface area contributed by atoms with Gasteiger partial charge in [-0.2, -0.15) is 0 Å². The lowest BCUT2D eigenvalue weighted by molar-refractivity contribution is -0.384. The molecule has 0 saturated carbocycles. The fourth-order valence-electron chi connectivity index (χ4n) is 3.44. The van der Waals surface area contributed by atoms with Crippen molar-refractivity contribution in [3.8, 4) is 0 Å². The van der Waals surface area contributed by atoms with Gasteiger partial charge in [0.15, 0.2) is 0 Å². The summed E-state index contributed by atoms with van der Waals surface area (Å²) in [6.45, 7) is 3.61. The summed E-state index contributed by atoms with van der Waals surface area (Å²) >= 11 is 6.10. The minimum atomic E-state index is -0.886. The summed E-state index contributed by atoms with van der Waals surface area (Å²) < 4.78 is 0. The van der Waals surface area contributed by atoms with Crippen molar-refractivity contribution in [1.29, 1.82) is 0 Å². The number of non-ortho nitro benzene ring substituents is 1. The van der Waals surface area contributed by atoms with Crippen LogP contribution in [0.2, 0.25) is 5.02 Å². The highest BCUT2D eigenvalue weighted by molar-refractivity contribution is 6.34. The number of benzene rings is 3. The molecule has 0 aromatic heterocycles. The van der Waals surface area contributed by atoms with Gasteiger partial charge in [-0.1, -0.05) is 86.1 Å². The molecule has 0 aliphatic carbocycles. The van der Waals surface area contributed by atoms with Crippen LogP contribution in [-0.4, -0.2) is 22.8 Å². The first-order valence-electron chi connectivity index (χ1n) is 10.4. The Balaban J connectivity index is 1.85. The highest BCUT2D eigenvalue weighted by Crippen LogP contribution is 2.24. The molecule has 0 aliphatic heterocycles. The largest absolute Gasteiger partial charge is 0.343 e. The van der Waals surface area contributed by atoms with Crippen LogP contribution in [0.15, 0.2) is 78.9 Å². The number of nitrogens with zero attached hydrogens (tertiary/aromatic N) is 1. The van der Waals surface area contributed by atoms with E-state index in [0.717, 1.165) is 17.2 Å². The van der Waals surface area contributed by atoms with E-state index < -0.39 is 22.9 Å². The van der Waals surface area contributed by atoms with Gasteiger partial charge in [-0.25, -0.2) is 0 Å². The molecule has 0 bridgehead atoms. The zero-order chi connectivity index (χ0) is 24.0. The number of nitro groups is 1. The van der Waals surface area contributed by atoms with E-state index in [0.29, 0.717) is 0 Å². The lowest BCUT2D eigenvalue weighted by atomic mass is 9.96. The smallest absolute Gasteiger partial charge is 0.270 e. The molecule has 170 valence electrons. The zero-order valence-corrected chi connectivity index (χ0v) is 19.0. The van der Waals surface area contributed by atoms with E-state index in [-0.39, 0.29) is 28.1 Å². The molecule has 0 fully saturated rings. The average Bonchev–Trinajstić information content (AvgIpc) is 2.81. The predicted octanol–water partition coefficient (Wildman–Crippen LogP) is 4.91. The normalized spacial score (nSPS) is 11.8. The van der Waals surface area contributed by atoms with Gasteiger partial charge >= 0.3 is 0 Å². The molecule has 0 heterocycles. The highest BCUT2D eigenvalue weighted by atomic mass is 35.5. The number of hydrogen-bond acceptors (Lipinski definition) is 4. The number of carbonyl (C=O) groups is 2. The molecule has 0 aliphatic rings. The van der Waals surface area contributed by atoms with Crippen molar-refractivity contribution in [3.63, 3.8) is 0 Å². The van der Waals surface area contributed by atoms with Crippen LogP contribution in [0.4, 0.5) is 5.69 Å². The summed E-state index contributed by atoms with van der Waals surface area (Å²) in [5.41, 5.74) is 1.47. The SMILES string of the molecule is CC(C)[C@H](NC(=O)c1cc([N+](=O)[O-])ccc1Cl)C(=O)NC(c1ccccc1)c1ccccc1. The van der Waals surface area contributed by atoms with Crippen molar-refractivity contribution in [1.82, 2.24) is 10.6 Å². The minimum absolute atomic E-state index is 0.0625. The molecule has 0 spiro atoms. The number of rotatable bonds is 8. The molecule has 0 unspecified atom stereocenters. The van der Waals surface area contributed by atoms with Crippen LogP contribution in [0.1, 0.15) is 41.4 Å². The van der Waals surface area contributed by atoms with Gasteiger partial charge in [0.1, 0.15) is 6.04 Å². The summed E-state index contributed by atoms with van der Waals surface area (Å²) in [6.07, 6.45) is 0. The van der Waals surface area contributed by atoms with Gasteiger partial charge in [-0.15, -0.1) is 0 Å². The van der Waals surface area contributed by atoms with Crippen molar-refractivity contribution in [3.05, 3.63) is 111 Å². The van der Waals surface area contributed by atoms with Crippen LogP contribution in [0.3, 0.4) is 0 Å². The molecule has 8 heteroatoms. The van der Waals surface area contributed by atoms with Crippen LogP contribution < -0.4 is 10.6 Å². The van der Waals surface area contributed by atoms with Gasteiger partial charge in [-0.05, 0) is 23.1 Å². The Morgan fingerprint density at radius 1 is 0.879 bits per heavy atom. The summed E-state index contributed by atoms with van der Waals surface area (Å²) in [5.74, 6) is -1.29. The van der Waals surface area contributed by atoms with E-state index in [2.05, 4.69) is 10.6 Å². The van der Waals surface area contributed by atoms with Crippen molar-refractivity contribution in [2.45, 2.75) is 25.9 Å². The van der Waals surface area contributed by atoms with Crippen molar-refractivity contribution in [2.75, 3.05) is 0 Å². The highest BCUT2D eigenvalue weighted by Gasteiger charge is 2.28. The van der Waals surface area contributed by atoms with E-state index in [4.69, 9.17) is 11.6 Å². The van der Waals surface area contributed by atoms with Crippen LogP contribution in [0.5, 0.6) is 0 Å². The van der Waals surface area contributed by atoms with Gasteiger partial charge in [0.25, 0.3) is 11.6 Å². The Labute approximate surface area is 196 Å². The fraction of sp³-hybridized carbons (Fsp3) is 0.200. The maximum atomic E-state index is 13.3. The molecule has 1 atom stereocenters. The van der Waals surface area contributed by atoms with Crippen molar-refractivity contribution >= 4 is 29.1 Å². The zero-order valence-electron chi connectivity index (χ0n) is 18.2. The summed E-state index contributed by atoms with van der Waals surface area (Å²) in [7, 11) is 0. The molecule has 0 radical (unpaired) electrons. The first kappa shape index (κ1) is 23.9. The van der Waals surface area contributed by atoms with E-state index in [1.165, 1.54) is 12.1 Å². The first-order chi connectivity index (χ1) is 15.8. The Bertz CT molecular complexity index is 1100. The standard InChI is InChI=1S/C25H24ClN3O4/c1-16(2)22(27-24(30)20-15-19(29(32)33)13-14-21(20)26)25(31)28-23(17-9-5-3-6-10-17)18-11-7-4-8-12-18/h3-16,22-23H,1-2H3,(H,27,30)(H,28,31)/t22-/m0/s1. The van der Waals surface area contributed by atoms with E-state index >= 15 is 0 Å². The summed E-state index contributed by atoms with van der Waals surface area (Å²) in [4.78, 5) is 36.7. The number of nitro benzene ring substituents is 1. The lowest BCUT2D eigenvalue weighted by Gasteiger charge is -2.26. The first-order valence-corrected chi connectivity index (χ1v) is 10.8. The fourth-order valence-corrected chi connectivity index (χ4v) is 3.64. The molecule has 3 aromatic rings. The van der Waals surface area contributed by atoms with Gasteiger partial charge in [0.2, 0.25) is 5.91 Å². The summed E-state index contributed by atoms with van der Waals surface area (Å²) in [5, 5.41) is 16.9. The molecule has 3 aromatic carbocycles. The number of nitrogens with one attached hydrogen (secondary N) is 2. The maximum Gasteiger partial charge on any atom is 0.270 e. The Hall–Kier alpha value is -3.71. The molecule has 2 N–H and O–H groups in total. The van der Waals surface area contributed by atoms with Crippen LogP contribution >= 0.6 is 11.6 Å². The second-order valence-electron chi connectivity index (χ2n) is 7.88. The number of carbonyl (C=O) groups excluding carboxylic acids is 2. The summed E-state index contributed by atoms with van der Waals surface area (Å²) in [6, 6.07) is 21.4. The quantitative estimate of drug-likeness (QED) is 0.364. The van der Waals surface area contributed by atoms with Gasteiger partial charge in [0, 0.05) is 12.1 Å². The van der Waals surface area contributed by atoms with Crippen LogP contribution in [0, 0.1) is 16.0 Å². The Kier molecular flexibility index (Phi) is 7.79. The molecular weight excluding hydrogens is 442 g/mol. The van der Waals surface area contributed by atoms with Crippen molar-refractivity contribution in [2.24, 2.45) is 5.92 Å². The third-order valence-corrected chi connectivity index (χ3v) is 5.52. The van der Waals surface area contributed by atoms with Crippen LogP contribution in [0.25, 0.3) is 0 Å². The van der Waals surface area contributed by atoms with Gasteiger partial charge < -0.3 is 10.6 Å². The molecule has 3 rings (SSSR count).